The Kier molecular flexibility index (Phi) is 16.4. The van der Waals surface area contributed by atoms with Crippen LogP contribution in [0.5, 0.6) is 0 Å². The SMILES string of the molecule is C/C=C/COC(=O)N[C@@H](C1CCCCC1)[C@@H](O)C(=O)OC1C[C@@]2(O)[C@@H](OC(=O)c3ccccc3)[C@@H]3[C@]4(O)CO[C@@H]4C[C@H](O)[C@@]3(C)C(=O)[C@H](O)C(=C1C)C2(C)C.[Ac].[Ac]. The number of aliphatic hydroxyl groups excluding tert-OH is 3. The predicted octanol–water partition coefficient (Wildman–Crippen LogP) is 2.67. The molecule has 1 aromatic rings. The summed E-state index contributed by atoms with van der Waals surface area (Å²) >= 11 is 0. The monoisotopic (exact) mass is 1220 g/mol. The Balaban J connectivity index is 0.00000360. The van der Waals surface area contributed by atoms with Gasteiger partial charge in [-0.15, -0.1) is 0 Å². The van der Waals surface area contributed by atoms with Gasteiger partial charge in [-0.05, 0) is 62.8 Å². The second-order valence-electron chi connectivity index (χ2n) is 16.7. The molecule has 14 nitrogen and oxygen atoms in total. The summed E-state index contributed by atoms with van der Waals surface area (Å²) < 4.78 is 23.1. The second kappa shape index (κ2) is 19.1. The zero-order chi connectivity index (χ0) is 40.1. The van der Waals surface area contributed by atoms with Gasteiger partial charge < -0.3 is 49.8 Å². The largest absolute Gasteiger partial charge is 0.456 e. The molecular formula is C41H55Ac2NO13. The van der Waals surface area contributed by atoms with Crippen LogP contribution in [0, 0.1) is 111 Å². The number of rotatable bonds is 9. The van der Waals surface area contributed by atoms with Gasteiger partial charge in [0.15, 0.2) is 11.9 Å². The number of hydrogen-bond donors (Lipinski definition) is 6. The first-order chi connectivity index (χ1) is 25.9. The first-order valence-electron chi connectivity index (χ1n) is 19.3. The third kappa shape index (κ3) is 8.68. The minimum Gasteiger partial charge on any atom is -0.456 e. The van der Waals surface area contributed by atoms with Gasteiger partial charge in [-0.2, -0.15) is 0 Å². The van der Waals surface area contributed by atoms with Crippen molar-refractivity contribution in [2.75, 3.05) is 13.2 Å². The molecule has 1 saturated heterocycles. The molecule has 3 saturated carbocycles. The molecule has 6 rings (SSSR count). The Morgan fingerprint density at radius 3 is 2.26 bits per heavy atom. The quantitative estimate of drug-likeness (QED) is 0.119. The maximum atomic E-state index is 14.7. The van der Waals surface area contributed by atoms with E-state index in [0.29, 0.717) is 12.8 Å². The van der Waals surface area contributed by atoms with Crippen LogP contribution in [0.4, 0.5) is 4.79 Å². The number of ketones is 1. The van der Waals surface area contributed by atoms with Crippen LogP contribution in [-0.4, -0.2) is 116 Å². The average Bonchev–Trinajstić information content (AvgIpc) is 3.16. The molecule has 1 amide bonds. The van der Waals surface area contributed by atoms with Crippen molar-refractivity contribution < 1.29 is 152 Å². The molecule has 2 radical (unpaired) electrons. The number of nitrogens with one attached hydrogen (secondary N) is 1. The van der Waals surface area contributed by atoms with Crippen LogP contribution in [0.2, 0.25) is 0 Å². The van der Waals surface area contributed by atoms with Gasteiger partial charge in [0.05, 0.1) is 35.8 Å². The first kappa shape index (κ1) is 48.9. The van der Waals surface area contributed by atoms with Crippen LogP contribution < -0.4 is 5.32 Å². The van der Waals surface area contributed by atoms with E-state index in [1.54, 1.807) is 58.0 Å². The van der Waals surface area contributed by atoms with E-state index < -0.39 is 101 Å². The summed E-state index contributed by atoms with van der Waals surface area (Å²) in [4.78, 5) is 55.4. The fourth-order valence-corrected chi connectivity index (χ4v) is 10.1. The van der Waals surface area contributed by atoms with Gasteiger partial charge in [0.1, 0.15) is 36.1 Å². The van der Waals surface area contributed by atoms with Crippen LogP contribution in [0.25, 0.3) is 0 Å². The molecule has 4 fully saturated rings. The van der Waals surface area contributed by atoms with E-state index >= 15 is 0 Å². The van der Waals surface area contributed by atoms with Gasteiger partial charge in [-0.1, -0.05) is 63.5 Å². The molecule has 1 aromatic carbocycles. The maximum Gasteiger partial charge on any atom is 0.407 e. The minimum absolute atomic E-state index is 0. The van der Waals surface area contributed by atoms with Crippen LogP contribution in [0.3, 0.4) is 0 Å². The molecule has 0 spiro atoms. The summed E-state index contributed by atoms with van der Waals surface area (Å²) in [6, 6.07) is 6.87. The molecule has 5 aliphatic rings. The van der Waals surface area contributed by atoms with Crippen molar-refractivity contribution in [3.63, 3.8) is 0 Å². The van der Waals surface area contributed by atoms with Gasteiger partial charge in [0.25, 0.3) is 0 Å². The zero-order valence-corrected chi connectivity index (χ0v) is 42.7. The molecule has 57 heavy (non-hydrogen) atoms. The molecule has 4 aliphatic carbocycles. The Bertz CT molecular complexity index is 1720. The molecule has 6 N–H and O–H groups in total. The Labute approximate surface area is 405 Å². The van der Waals surface area contributed by atoms with Crippen molar-refractivity contribution in [1.29, 1.82) is 0 Å². The van der Waals surface area contributed by atoms with Crippen molar-refractivity contribution in [3.05, 3.63) is 59.2 Å². The fourth-order valence-electron chi connectivity index (χ4n) is 10.1. The number of allylic oxidation sites excluding steroid dienone is 1. The molecule has 1 heterocycles. The minimum atomic E-state index is -2.28. The molecule has 1 unspecified atom stereocenters. The summed E-state index contributed by atoms with van der Waals surface area (Å²) in [7, 11) is 0. The molecule has 1 aliphatic heterocycles. The van der Waals surface area contributed by atoms with E-state index in [1.807, 2.05) is 0 Å². The summed E-state index contributed by atoms with van der Waals surface area (Å²) in [6.07, 6.45) is -3.61. The number of aliphatic hydroxyl groups is 5. The number of carbonyl (C=O) groups excluding carboxylic acids is 4. The number of ether oxygens (including phenoxy) is 4. The Morgan fingerprint density at radius 2 is 1.67 bits per heavy atom. The van der Waals surface area contributed by atoms with Crippen LogP contribution in [0.15, 0.2) is 53.6 Å². The first-order valence-corrected chi connectivity index (χ1v) is 19.3. The Morgan fingerprint density at radius 1 is 1.02 bits per heavy atom. The number of carbonyl (C=O) groups is 4. The molecule has 16 heteroatoms. The molecule has 0 aromatic heterocycles. The van der Waals surface area contributed by atoms with Crippen molar-refractivity contribution in [1.82, 2.24) is 5.32 Å². The van der Waals surface area contributed by atoms with Gasteiger partial charge in [0, 0.05) is 112 Å². The summed E-state index contributed by atoms with van der Waals surface area (Å²) in [6.45, 7) is 7.53. The normalized spacial score (nSPS) is 35.6. The standard InChI is InChI=1S/C41H55NO13.2Ac/c1-6-7-18-52-37(49)42-29(23-14-10-8-11-15-23)31(45)36(48)54-25-20-41(51)34(55-35(47)24-16-12-9-13-17-24)32-39(5,26(43)19-27-40(32,50)21-53-27)33(46)30(44)28(22(25)2)38(41,3)4;;/h6-7,9,12-13,16-17,23,25-27,29-32,34,43-45,50-51H,8,10-11,14-15,18-21H2,1-5H3,(H,42,49);;/b7-6+;;/t25?,26-,27+,29-,30+,31+,32-,34-,39+,40-,41+;;/m0../s1. The third-order valence-corrected chi connectivity index (χ3v) is 13.4. The van der Waals surface area contributed by atoms with Crippen LogP contribution >= 0.6 is 0 Å². The van der Waals surface area contributed by atoms with E-state index in [-0.39, 0.29) is 130 Å². The van der Waals surface area contributed by atoms with Crippen molar-refractivity contribution in [3.8, 4) is 0 Å². The number of amides is 1. The van der Waals surface area contributed by atoms with Crippen molar-refractivity contribution in [2.45, 2.75) is 133 Å². The van der Waals surface area contributed by atoms with Gasteiger partial charge in [-0.25, -0.2) is 14.4 Å². The topological polar surface area (TPSA) is 218 Å². The van der Waals surface area contributed by atoms with Gasteiger partial charge in [-0.3, -0.25) is 4.79 Å². The number of hydrogen-bond acceptors (Lipinski definition) is 13. The second-order valence-corrected chi connectivity index (χ2v) is 16.7. The maximum absolute atomic E-state index is 14.7. The number of esters is 2. The number of alkyl carbamates (subject to hydrolysis) is 1. The third-order valence-electron chi connectivity index (χ3n) is 13.4. The van der Waals surface area contributed by atoms with Crippen molar-refractivity contribution in [2.24, 2.45) is 22.7 Å². The summed E-state index contributed by atoms with van der Waals surface area (Å²) in [5, 5.41) is 63.4. The number of Topliss-reactive ketones (excluding diaryl/α,β-unsaturated/α-hetero) is 1. The molecule has 308 valence electrons. The Hall–Kier alpha value is -0.777. The van der Waals surface area contributed by atoms with Gasteiger partial charge >= 0.3 is 18.0 Å². The van der Waals surface area contributed by atoms with Crippen LogP contribution in [0.1, 0.15) is 89.9 Å². The molecule has 11 atom stereocenters. The number of fused-ring (bicyclic) bond motifs is 5. The summed E-state index contributed by atoms with van der Waals surface area (Å²) in [5.74, 6) is -4.67. The van der Waals surface area contributed by atoms with Crippen LogP contribution in [-0.2, 0) is 28.5 Å². The number of benzene rings is 1. The smallest absolute Gasteiger partial charge is 0.407 e. The average molecular weight is 1220 g/mol. The van der Waals surface area contributed by atoms with E-state index in [0.717, 1.165) is 19.3 Å². The summed E-state index contributed by atoms with van der Waals surface area (Å²) in [5.41, 5.74) is -7.37. The molecule has 2 bridgehead atoms. The van der Waals surface area contributed by atoms with Gasteiger partial charge in [0.2, 0.25) is 0 Å². The van der Waals surface area contributed by atoms with E-state index in [4.69, 9.17) is 18.9 Å². The van der Waals surface area contributed by atoms with Crippen molar-refractivity contribution >= 4 is 23.8 Å². The van der Waals surface area contributed by atoms with E-state index in [1.165, 1.54) is 19.1 Å². The predicted molar refractivity (Wildman–Crippen MR) is 195 cm³/mol. The molecular weight excluding hydrogens is 1170 g/mol. The zero-order valence-electron chi connectivity index (χ0n) is 33.3. The van der Waals surface area contributed by atoms with E-state index in [9.17, 15) is 44.7 Å². The fraction of sp³-hybridized carbons (Fsp3) is 0.659. The van der Waals surface area contributed by atoms with E-state index in [2.05, 4.69) is 5.32 Å².